The highest BCUT2D eigenvalue weighted by atomic mass is 14.3. The van der Waals surface area contributed by atoms with E-state index in [1.807, 2.05) is 0 Å². The highest BCUT2D eigenvalue weighted by molar-refractivity contribution is 5.42. The summed E-state index contributed by atoms with van der Waals surface area (Å²) in [5.41, 5.74) is 1.91. The predicted octanol–water partition coefficient (Wildman–Crippen LogP) is 2.18. The van der Waals surface area contributed by atoms with Crippen molar-refractivity contribution in [2.45, 2.75) is 20.8 Å². The summed E-state index contributed by atoms with van der Waals surface area (Å²) in [6.07, 6.45) is 4.33. The minimum atomic E-state index is 0.417. The molecule has 0 unspecified atom stereocenters. The lowest BCUT2D eigenvalue weighted by Gasteiger charge is -2.12. The van der Waals surface area contributed by atoms with Gasteiger partial charge in [-0.3, -0.25) is 0 Å². The lowest BCUT2D eigenvalue weighted by atomic mass is 9.93. The highest BCUT2D eigenvalue weighted by Gasteiger charge is 2.22. The third-order valence-corrected chi connectivity index (χ3v) is 1.20. The zero-order valence-corrected chi connectivity index (χ0v) is 5.15. The van der Waals surface area contributed by atoms with Gasteiger partial charge < -0.3 is 0 Å². The molecular weight excluding hydrogens is 84.1 g/mol. The smallest absolute Gasteiger partial charge is 0.00859 e. The van der Waals surface area contributed by atoms with E-state index in [0.29, 0.717) is 5.41 Å². The zero-order chi connectivity index (χ0) is 5.49. The first-order valence-corrected chi connectivity index (χ1v) is 2.66. The summed E-state index contributed by atoms with van der Waals surface area (Å²) in [4.78, 5) is 0. The summed E-state index contributed by atoms with van der Waals surface area (Å²) >= 11 is 0. The van der Waals surface area contributed by atoms with Crippen LogP contribution in [0.3, 0.4) is 0 Å². The van der Waals surface area contributed by atoms with Gasteiger partial charge in [-0.2, -0.15) is 0 Å². The summed E-state index contributed by atoms with van der Waals surface area (Å²) in [6, 6.07) is 0. The first-order valence-electron chi connectivity index (χ1n) is 2.66. The molecule has 0 amide bonds. The summed E-state index contributed by atoms with van der Waals surface area (Å²) in [6.45, 7) is 6.67. The van der Waals surface area contributed by atoms with Gasteiger partial charge in [0, 0.05) is 6.42 Å². The molecule has 0 aromatic rings. The Morgan fingerprint density at radius 3 is 1.71 bits per heavy atom. The zero-order valence-electron chi connectivity index (χ0n) is 5.15. The van der Waals surface area contributed by atoms with Gasteiger partial charge in [-0.25, -0.2) is 0 Å². The largest absolute Gasteiger partial charge is 0.0760 e. The van der Waals surface area contributed by atoms with E-state index in [0.717, 1.165) is 0 Å². The van der Waals surface area contributed by atoms with Crippen molar-refractivity contribution in [3.63, 3.8) is 0 Å². The molecule has 0 saturated carbocycles. The topological polar surface area (TPSA) is 0 Å². The summed E-state index contributed by atoms with van der Waals surface area (Å²) in [7, 11) is 0. The second-order valence-electron chi connectivity index (χ2n) is 3.04. The lowest BCUT2D eigenvalue weighted by Crippen LogP contribution is -2.00. The Labute approximate surface area is 45.2 Å². The number of hydrogen-bond acceptors (Lipinski definition) is 0. The molecular formula is C7H11. The van der Waals surface area contributed by atoms with Crippen LogP contribution in [0.5, 0.6) is 0 Å². The fourth-order valence-corrected chi connectivity index (χ4v) is 0.542. The van der Waals surface area contributed by atoms with Gasteiger partial charge in [0.2, 0.25) is 0 Å². The van der Waals surface area contributed by atoms with E-state index in [1.165, 1.54) is 5.57 Å². The maximum Gasteiger partial charge on any atom is 0.00859 e. The Hall–Kier alpha value is -0.260. The van der Waals surface area contributed by atoms with E-state index in [1.54, 1.807) is 0 Å². The SMILES string of the molecule is CC(C)(C)C1=C[CH]1. The van der Waals surface area contributed by atoms with Gasteiger partial charge >= 0.3 is 0 Å². The average Bonchev–Trinajstić information content (AvgIpc) is 1.99. The van der Waals surface area contributed by atoms with Crippen molar-refractivity contribution in [1.82, 2.24) is 0 Å². The van der Waals surface area contributed by atoms with Gasteiger partial charge in [-0.05, 0) is 5.41 Å². The molecule has 0 fully saturated rings. The van der Waals surface area contributed by atoms with Crippen molar-refractivity contribution >= 4 is 0 Å². The van der Waals surface area contributed by atoms with Crippen LogP contribution in [0.25, 0.3) is 0 Å². The van der Waals surface area contributed by atoms with Crippen LogP contribution in [0.4, 0.5) is 0 Å². The molecule has 0 aromatic carbocycles. The van der Waals surface area contributed by atoms with E-state index in [9.17, 15) is 0 Å². The minimum absolute atomic E-state index is 0.417. The van der Waals surface area contributed by atoms with Gasteiger partial charge in [-0.15, -0.1) is 0 Å². The van der Waals surface area contributed by atoms with Gasteiger partial charge in [0.05, 0.1) is 0 Å². The van der Waals surface area contributed by atoms with Crippen LogP contribution in [0.1, 0.15) is 20.8 Å². The fourth-order valence-electron chi connectivity index (χ4n) is 0.542. The number of allylic oxidation sites excluding steroid dienone is 2. The molecule has 0 heterocycles. The van der Waals surface area contributed by atoms with Crippen molar-refractivity contribution in [3.05, 3.63) is 18.1 Å². The molecule has 1 aliphatic carbocycles. The van der Waals surface area contributed by atoms with Crippen molar-refractivity contribution < 1.29 is 0 Å². The summed E-state index contributed by atoms with van der Waals surface area (Å²) in [5, 5.41) is 0. The third kappa shape index (κ3) is 1.05. The molecule has 1 radical (unpaired) electrons. The second kappa shape index (κ2) is 1.12. The third-order valence-electron chi connectivity index (χ3n) is 1.20. The number of rotatable bonds is 0. The quantitative estimate of drug-likeness (QED) is 0.432. The van der Waals surface area contributed by atoms with E-state index in [4.69, 9.17) is 0 Å². The second-order valence-corrected chi connectivity index (χ2v) is 3.04. The minimum Gasteiger partial charge on any atom is -0.0760 e. The average molecular weight is 95.2 g/mol. The van der Waals surface area contributed by atoms with Gasteiger partial charge in [0.15, 0.2) is 0 Å². The molecule has 0 saturated heterocycles. The molecule has 1 aliphatic rings. The highest BCUT2D eigenvalue weighted by Crippen LogP contribution is 2.35. The van der Waals surface area contributed by atoms with Crippen LogP contribution in [-0.2, 0) is 0 Å². The van der Waals surface area contributed by atoms with Crippen LogP contribution in [0.15, 0.2) is 11.6 Å². The first-order chi connectivity index (χ1) is 3.11. The molecule has 0 spiro atoms. The Morgan fingerprint density at radius 2 is 1.71 bits per heavy atom. The van der Waals surface area contributed by atoms with Gasteiger partial charge in [0.1, 0.15) is 0 Å². The van der Waals surface area contributed by atoms with Gasteiger partial charge in [0.25, 0.3) is 0 Å². The maximum absolute atomic E-state index is 2.22. The van der Waals surface area contributed by atoms with Gasteiger partial charge in [-0.1, -0.05) is 32.4 Å². The molecule has 0 aliphatic heterocycles. The Bertz CT molecular complexity index is 102. The van der Waals surface area contributed by atoms with E-state index in [-0.39, 0.29) is 0 Å². The maximum atomic E-state index is 2.22. The monoisotopic (exact) mass is 95.1 g/mol. The van der Waals surface area contributed by atoms with Crippen LogP contribution < -0.4 is 0 Å². The number of hydrogen-bond donors (Lipinski definition) is 0. The predicted molar refractivity (Wildman–Crippen MR) is 31.8 cm³/mol. The molecule has 7 heavy (non-hydrogen) atoms. The van der Waals surface area contributed by atoms with E-state index >= 15 is 0 Å². The summed E-state index contributed by atoms with van der Waals surface area (Å²) < 4.78 is 0. The molecule has 0 bridgehead atoms. The van der Waals surface area contributed by atoms with E-state index < -0.39 is 0 Å². The Balaban J connectivity index is 2.53. The van der Waals surface area contributed by atoms with Crippen molar-refractivity contribution in [3.8, 4) is 0 Å². The Morgan fingerprint density at radius 1 is 1.29 bits per heavy atom. The van der Waals surface area contributed by atoms with E-state index in [2.05, 4.69) is 33.3 Å². The molecule has 0 atom stereocenters. The molecule has 0 nitrogen and oxygen atoms in total. The first kappa shape index (κ1) is 4.89. The van der Waals surface area contributed by atoms with Crippen LogP contribution in [-0.4, -0.2) is 0 Å². The Kier molecular flexibility index (Phi) is 0.781. The molecule has 39 valence electrons. The lowest BCUT2D eigenvalue weighted by molar-refractivity contribution is 0.528. The standard InChI is InChI=1S/C7H11/c1-7(2,3)6-4-5-6/h4-5H,1-3H3. The molecule has 1 rings (SSSR count). The van der Waals surface area contributed by atoms with Crippen molar-refractivity contribution in [2.24, 2.45) is 5.41 Å². The molecule has 0 aromatic heterocycles. The molecule has 0 heteroatoms. The normalized spacial score (nSPS) is 19.0. The van der Waals surface area contributed by atoms with Crippen LogP contribution in [0, 0.1) is 11.8 Å². The van der Waals surface area contributed by atoms with Crippen molar-refractivity contribution in [1.29, 1.82) is 0 Å². The fraction of sp³-hybridized carbons (Fsp3) is 0.571. The van der Waals surface area contributed by atoms with Crippen LogP contribution in [0.2, 0.25) is 0 Å². The van der Waals surface area contributed by atoms with Crippen molar-refractivity contribution in [2.75, 3.05) is 0 Å². The molecule has 0 N–H and O–H groups in total. The van der Waals surface area contributed by atoms with Crippen LogP contribution >= 0.6 is 0 Å². The summed E-state index contributed by atoms with van der Waals surface area (Å²) in [5.74, 6) is 0.